The van der Waals surface area contributed by atoms with Crippen molar-refractivity contribution in [2.24, 2.45) is 0 Å². The van der Waals surface area contributed by atoms with E-state index < -0.39 is 28.3 Å². The lowest BCUT2D eigenvalue weighted by Crippen LogP contribution is -2.37. The third-order valence-electron chi connectivity index (χ3n) is 4.91. The summed E-state index contributed by atoms with van der Waals surface area (Å²) in [7, 11) is -2.59. The van der Waals surface area contributed by atoms with Gasteiger partial charge in [-0.1, -0.05) is 42.0 Å². The molecule has 1 N–H and O–H groups in total. The minimum absolute atomic E-state index is 0.0281. The van der Waals surface area contributed by atoms with E-state index in [0.717, 1.165) is 15.4 Å². The van der Waals surface area contributed by atoms with Crippen LogP contribution in [0.4, 0.5) is 10.1 Å². The number of methoxy groups -OCH3 is 1. The van der Waals surface area contributed by atoms with E-state index in [0.29, 0.717) is 11.4 Å². The van der Waals surface area contributed by atoms with Crippen molar-refractivity contribution in [3.05, 3.63) is 89.2 Å². The average Bonchev–Trinajstić information content (AvgIpc) is 2.75. The van der Waals surface area contributed by atoms with Gasteiger partial charge in [-0.2, -0.15) is 4.31 Å². The van der Waals surface area contributed by atoms with Crippen molar-refractivity contribution >= 4 is 21.6 Å². The van der Waals surface area contributed by atoms with Gasteiger partial charge in [0.25, 0.3) is 0 Å². The summed E-state index contributed by atoms with van der Waals surface area (Å²) < 4.78 is 47.2. The van der Waals surface area contributed by atoms with Crippen LogP contribution in [0.25, 0.3) is 0 Å². The predicted octanol–water partition coefficient (Wildman–Crippen LogP) is 4.28. The van der Waals surface area contributed by atoms with Crippen molar-refractivity contribution in [3.63, 3.8) is 0 Å². The van der Waals surface area contributed by atoms with Gasteiger partial charge in [0.15, 0.2) is 0 Å². The van der Waals surface area contributed by atoms with E-state index in [1.807, 2.05) is 19.9 Å². The number of halogens is 1. The Hall–Kier alpha value is -3.23. The van der Waals surface area contributed by atoms with Crippen molar-refractivity contribution in [3.8, 4) is 5.75 Å². The van der Waals surface area contributed by atoms with Gasteiger partial charge < -0.3 is 10.1 Å². The Morgan fingerprint density at radius 2 is 1.66 bits per heavy atom. The van der Waals surface area contributed by atoms with E-state index >= 15 is 0 Å². The number of amides is 1. The first-order valence-corrected chi connectivity index (χ1v) is 11.4. The standard InChI is InChI=1S/C24H25FN2O4S/c1-17-8-11-20(12-9-17)32(29,30)27(15-19-6-4-5-7-21(19)25)16-24(28)26-22-14-18(2)10-13-23(22)31-3/h4-14H,15-16H2,1-3H3,(H,26,28). The summed E-state index contributed by atoms with van der Waals surface area (Å²) in [6.45, 7) is 2.92. The number of ether oxygens (including phenoxy) is 1. The minimum Gasteiger partial charge on any atom is -0.495 e. The molecule has 0 aliphatic carbocycles. The van der Waals surface area contributed by atoms with Crippen molar-refractivity contribution in [2.45, 2.75) is 25.3 Å². The molecule has 3 rings (SSSR count). The lowest BCUT2D eigenvalue weighted by Gasteiger charge is -2.22. The van der Waals surface area contributed by atoms with Crippen LogP contribution in [-0.4, -0.2) is 32.3 Å². The molecule has 0 saturated carbocycles. The van der Waals surface area contributed by atoms with Gasteiger partial charge in [0.05, 0.1) is 24.2 Å². The van der Waals surface area contributed by atoms with Crippen molar-refractivity contribution in [2.75, 3.05) is 19.0 Å². The number of carbonyl (C=O) groups is 1. The van der Waals surface area contributed by atoms with Gasteiger partial charge >= 0.3 is 0 Å². The molecule has 0 unspecified atom stereocenters. The number of sulfonamides is 1. The van der Waals surface area contributed by atoms with E-state index in [1.165, 1.54) is 37.4 Å². The fraction of sp³-hybridized carbons (Fsp3) is 0.208. The lowest BCUT2D eigenvalue weighted by atomic mass is 10.2. The van der Waals surface area contributed by atoms with Crippen LogP contribution < -0.4 is 10.1 Å². The molecule has 32 heavy (non-hydrogen) atoms. The Balaban J connectivity index is 1.92. The molecule has 0 heterocycles. The zero-order valence-corrected chi connectivity index (χ0v) is 18.9. The van der Waals surface area contributed by atoms with E-state index in [-0.39, 0.29) is 17.0 Å². The van der Waals surface area contributed by atoms with Crippen LogP contribution in [0.15, 0.2) is 71.6 Å². The maximum Gasteiger partial charge on any atom is 0.243 e. The smallest absolute Gasteiger partial charge is 0.243 e. The molecule has 6 nitrogen and oxygen atoms in total. The molecule has 3 aromatic carbocycles. The van der Waals surface area contributed by atoms with Crippen LogP contribution in [0.3, 0.4) is 0 Å². The van der Waals surface area contributed by atoms with Crippen LogP contribution in [0, 0.1) is 19.7 Å². The molecule has 3 aromatic rings. The number of anilines is 1. The number of aryl methyl sites for hydroxylation is 2. The van der Waals surface area contributed by atoms with Gasteiger partial charge in [0, 0.05) is 12.1 Å². The molecule has 1 amide bonds. The highest BCUT2D eigenvalue weighted by Crippen LogP contribution is 2.26. The average molecular weight is 457 g/mol. The first-order chi connectivity index (χ1) is 15.2. The number of hydrogen-bond acceptors (Lipinski definition) is 4. The normalized spacial score (nSPS) is 11.4. The molecular formula is C24H25FN2O4S. The number of benzene rings is 3. The summed E-state index contributed by atoms with van der Waals surface area (Å²) in [6.07, 6.45) is 0. The van der Waals surface area contributed by atoms with Gasteiger partial charge in [0.1, 0.15) is 11.6 Å². The van der Waals surface area contributed by atoms with Crippen LogP contribution in [-0.2, 0) is 21.4 Å². The van der Waals surface area contributed by atoms with E-state index in [2.05, 4.69) is 5.32 Å². The van der Waals surface area contributed by atoms with Crippen molar-refractivity contribution < 1.29 is 22.3 Å². The zero-order chi connectivity index (χ0) is 23.3. The van der Waals surface area contributed by atoms with E-state index in [4.69, 9.17) is 4.74 Å². The molecule has 0 bridgehead atoms. The Morgan fingerprint density at radius 3 is 2.31 bits per heavy atom. The predicted molar refractivity (Wildman–Crippen MR) is 122 cm³/mol. The summed E-state index contributed by atoms with van der Waals surface area (Å²) in [5, 5.41) is 2.70. The Morgan fingerprint density at radius 1 is 1.00 bits per heavy atom. The quantitative estimate of drug-likeness (QED) is 0.549. The van der Waals surface area contributed by atoms with Gasteiger partial charge in [-0.05, 0) is 49.7 Å². The number of carbonyl (C=O) groups excluding carboxylic acids is 1. The third-order valence-corrected chi connectivity index (χ3v) is 6.72. The molecule has 0 atom stereocenters. The molecule has 0 aliphatic heterocycles. The maximum absolute atomic E-state index is 14.3. The molecule has 0 aromatic heterocycles. The molecule has 0 saturated heterocycles. The summed E-state index contributed by atoms with van der Waals surface area (Å²) in [5.41, 5.74) is 2.39. The fourth-order valence-electron chi connectivity index (χ4n) is 3.17. The Bertz CT molecular complexity index is 1210. The molecule has 0 aliphatic rings. The Labute approximate surface area is 187 Å². The van der Waals surface area contributed by atoms with Gasteiger partial charge in [0.2, 0.25) is 15.9 Å². The monoisotopic (exact) mass is 456 g/mol. The first-order valence-electron chi connectivity index (χ1n) is 9.95. The fourth-order valence-corrected chi connectivity index (χ4v) is 4.55. The number of hydrogen-bond donors (Lipinski definition) is 1. The van der Waals surface area contributed by atoms with Crippen molar-refractivity contribution in [1.29, 1.82) is 0 Å². The Kier molecular flexibility index (Phi) is 7.27. The lowest BCUT2D eigenvalue weighted by molar-refractivity contribution is -0.116. The van der Waals surface area contributed by atoms with E-state index in [9.17, 15) is 17.6 Å². The van der Waals surface area contributed by atoms with E-state index in [1.54, 1.807) is 30.3 Å². The summed E-state index contributed by atoms with van der Waals surface area (Å²) in [6, 6.07) is 17.5. The highest BCUT2D eigenvalue weighted by atomic mass is 32.2. The van der Waals surface area contributed by atoms with Crippen LogP contribution in [0.5, 0.6) is 5.75 Å². The summed E-state index contributed by atoms with van der Waals surface area (Å²) in [5.74, 6) is -0.663. The summed E-state index contributed by atoms with van der Waals surface area (Å²) in [4.78, 5) is 12.9. The van der Waals surface area contributed by atoms with Gasteiger partial charge in [-0.3, -0.25) is 4.79 Å². The second-order valence-electron chi connectivity index (χ2n) is 7.43. The van der Waals surface area contributed by atoms with Crippen LogP contribution in [0.2, 0.25) is 0 Å². The molecule has 168 valence electrons. The molecule has 0 fully saturated rings. The molecule has 0 radical (unpaired) electrons. The van der Waals surface area contributed by atoms with Crippen molar-refractivity contribution in [1.82, 2.24) is 4.31 Å². The van der Waals surface area contributed by atoms with Crippen LogP contribution >= 0.6 is 0 Å². The largest absolute Gasteiger partial charge is 0.495 e. The number of rotatable bonds is 8. The van der Waals surface area contributed by atoms with Gasteiger partial charge in [-0.15, -0.1) is 0 Å². The number of nitrogens with zero attached hydrogens (tertiary/aromatic N) is 1. The maximum atomic E-state index is 14.3. The molecular weight excluding hydrogens is 431 g/mol. The topological polar surface area (TPSA) is 75.7 Å². The highest BCUT2D eigenvalue weighted by Gasteiger charge is 2.28. The van der Waals surface area contributed by atoms with Crippen LogP contribution in [0.1, 0.15) is 16.7 Å². The zero-order valence-electron chi connectivity index (χ0n) is 18.1. The molecule has 8 heteroatoms. The summed E-state index contributed by atoms with van der Waals surface area (Å²) >= 11 is 0. The SMILES string of the molecule is COc1ccc(C)cc1NC(=O)CN(Cc1ccccc1F)S(=O)(=O)c1ccc(C)cc1. The second-order valence-corrected chi connectivity index (χ2v) is 9.37. The number of nitrogens with one attached hydrogen (secondary N) is 1. The first kappa shape index (κ1) is 23.4. The highest BCUT2D eigenvalue weighted by molar-refractivity contribution is 7.89. The molecule has 0 spiro atoms. The minimum atomic E-state index is -4.07. The third kappa shape index (κ3) is 5.52. The second kappa shape index (κ2) is 9.93. The van der Waals surface area contributed by atoms with Gasteiger partial charge in [-0.25, -0.2) is 12.8 Å².